The zero-order valence-electron chi connectivity index (χ0n) is 14.3. The molecule has 1 aromatic carbocycles. The molecule has 3 heterocycles. The number of rotatable bonds is 6. The van der Waals surface area contributed by atoms with Gasteiger partial charge in [0.1, 0.15) is 0 Å². The molecule has 5 heteroatoms. The predicted molar refractivity (Wildman–Crippen MR) is 106 cm³/mol. The first-order valence-corrected chi connectivity index (χ1v) is 10.6. The zero-order valence-corrected chi connectivity index (χ0v) is 15.9. The standard InChI is InChI=1S/C20H23N3S2/c1-2-5-17(6-3-1)13-20-21-18(16-25-20)14-22-8-10-23(11-9-22)15-19-7-4-12-24-19/h1-7,12,16H,8-11,13-15H2. The molecule has 0 atom stereocenters. The van der Waals surface area contributed by atoms with E-state index in [0.29, 0.717) is 0 Å². The lowest BCUT2D eigenvalue weighted by molar-refractivity contribution is 0.122. The Bertz CT molecular complexity index is 759. The lowest BCUT2D eigenvalue weighted by atomic mass is 10.2. The monoisotopic (exact) mass is 369 g/mol. The molecule has 0 amide bonds. The third-order valence-electron chi connectivity index (χ3n) is 4.61. The molecule has 25 heavy (non-hydrogen) atoms. The van der Waals surface area contributed by atoms with Gasteiger partial charge in [0.15, 0.2) is 0 Å². The van der Waals surface area contributed by atoms with Gasteiger partial charge in [-0.05, 0) is 17.0 Å². The summed E-state index contributed by atoms with van der Waals surface area (Å²) in [5.74, 6) is 0. The lowest BCUT2D eigenvalue weighted by Crippen LogP contribution is -2.45. The predicted octanol–water partition coefficient (Wildman–Crippen LogP) is 4.11. The lowest BCUT2D eigenvalue weighted by Gasteiger charge is -2.34. The van der Waals surface area contributed by atoms with Crippen molar-refractivity contribution < 1.29 is 0 Å². The fourth-order valence-corrected chi connectivity index (χ4v) is 4.80. The first-order valence-electron chi connectivity index (χ1n) is 8.79. The largest absolute Gasteiger partial charge is 0.296 e. The number of thiazole rings is 1. The Labute approximate surface area is 157 Å². The van der Waals surface area contributed by atoms with Gasteiger partial charge in [-0.15, -0.1) is 22.7 Å². The van der Waals surface area contributed by atoms with E-state index in [0.717, 1.165) is 45.7 Å². The second-order valence-electron chi connectivity index (χ2n) is 6.53. The fraction of sp³-hybridized carbons (Fsp3) is 0.350. The first-order chi connectivity index (χ1) is 12.3. The molecule has 0 radical (unpaired) electrons. The Balaban J connectivity index is 1.26. The van der Waals surface area contributed by atoms with Crippen LogP contribution in [0.4, 0.5) is 0 Å². The van der Waals surface area contributed by atoms with Crippen molar-refractivity contribution in [2.24, 2.45) is 0 Å². The maximum atomic E-state index is 4.84. The van der Waals surface area contributed by atoms with Crippen LogP contribution in [-0.4, -0.2) is 41.0 Å². The highest BCUT2D eigenvalue weighted by Crippen LogP contribution is 2.18. The van der Waals surface area contributed by atoms with Crippen LogP contribution in [-0.2, 0) is 19.5 Å². The normalized spacial score (nSPS) is 16.3. The van der Waals surface area contributed by atoms with Crippen molar-refractivity contribution >= 4 is 22.7 Å². The van der Waals surface area contributed by atoms with E-state index in [9.17, 15) is 0 Å². The maximum absolute atomic E-state index is 4.84. The van der Waals surface area contributed by atoms with Crippen molar-refractivity contribution in [3.8, 4) is 0 Å². The number of hydrogen-bond acceptors (Lipinski definition) is 5. The molecule has 130 valence electrons. The summed E-state index contributed by atoms with van der Waals surface area (Å²) in [5.41, 5.74) is 2.56. The number of benzene rings is 1. The van der Waals surface area contributed by atoms with Crippen LogP contribution in [0, 0.1) is 0 Å². The van der Waals surface area contributed by atoms with Gasteiger partial charge in [-0.2, -0.15) is 0 Å². The van der Waals surface area contributed by atoms with E-state index in [2.05, 4.69) is 63.0 Å². The Hall–Kier alpha value is -1.53. The van der Waals surface area contributed by atoms with E-state index in [-0.39, 0.29) is 0 Å². The van der Waals surface area contributed by atoms with Crippen LogP contribution in [0.5, 0.6) is 0 Å². The number of aromatic nitrogens is 1. The van der Waals surface area contributed by atoms with Crippen molar-refractivity contribution in [1.29, 1.82) is 0 Å². The molecule has 4 rings (SSSR count). The SMILES string of the molecule is c1ccc(Cc2nc(CN3CCN(Cc4cccs4)CC3)cs2)cc1. The minimum atomic E-state index is 0.945. The van der Waals surface area contributed by atoms with Crippen LogP contribution in [0.15, 0.2) is 53.2 Å². The molecule has 0 bridgehead atoms. The minimum absolute atomic E-state index is 0.945. The quantitative estimate of drug-likeness (QED) is 0.652. The van der Waals surface area contributed by atoms with Crippen molar-refractivity contribution in [3.63, 3.8) is 0 Å². The molecule has 0 N–H and O–H groups in total. The van der Waals surface area contributed by atoms with Gasteiger partial charge < -0.3 is 0 Å². The van der Waals surface area contributed by atoms with Gasteiger partial charge in [0.25, 0.3) is 0 Å². The molecule has 3 aromatic rings. The Kier molecular flexibility index (Phi) is 5.57. The van der Waals surface area contributed by atoms with E-state index >= 15 is 0 Å². The summed E-state index contributed by atoms with van der Waals surface area (Å²) in [4.78, 5) is 11.4. The van der Waals surface area contributed by atoms with Crippen molar-refractivity contribution in [1.82, 2.24) is 14.8 Å². The molecule has 0 unspecified atom stereocenters. The van der Waals surface area contributed by atoms with Crippen LogP contribution in [0.2, 0.25) is 0 Å². The summed E-state index contributed by atoms with van der Waals surface area (Å²) in [6.45, 7) is 6.66. The average molecular weight is 370 g/mol. The van der Waals surface area contributed by atoms with E-state index in [1.54, 1.807) is 11.3 Å². The van der Waals surface area contributed by atoms with Gasteiger partial charge in [-0.25, -0.2) is 4.98 Å². The summed E-state index contributed by atoms with van der Waals surface area (Å²) in [5, 5.41) is 5.62. The topological polar surface area (TPSA) is 19.4 Å². The van der Waals surface area contributed by atoms with Crippen LogP contribution in [0.1, 0.15) is 21.1 Å². The first kappa shape index (κ1) is 16.9. The highest BCUT2D eigenvalue weighted by Gasteiger charge is 2.18. The van der Waals surface area contributed by atoms with Crippen LogP contribution >= 0.6 is 22.7 Å². The van der Waals surface area contributed by atoms with Gasteiger partial charge in [0.2, 0.25) is 0 Å². The summed E-state index contributed by atoms with van der Waals surface area (Å²) in [6, 6.07) is 15.0. The second kappa shape index (κ2) is 8.23. The molecule has 0 spiro atoms. The van der Waals surface area contributed by atoms with Gasteiger partial charge in [0, 0.05) is 55.9 Å². The summed E-state index contributed by atoms with van der Waals surface area (Å²) in [7, 11) is 0. The number of piperazine rings is 1. The van der Waals surface area contributed by atoms with Crippen LogP contribution < -0.4 is 0 Å². The molecule has 1 fully saturated rings. The molecule has 2 aromatic heterocycles. The third kappa shape index (κ3) is 4.76. The molecular weight excluding hydrogens is 346 g/mol. The average Bonchev–Trinajstić information content (AvgIpc) is 3.30. The van der Waals surface area contributed by atoms with Crippen molar-refractivity contribution in [2.45, 2.75) is 19.5 Å². The Morgan fingerprint density at radius 3 is 2.32 bits per heavy atom. The molecule has 1 saturated heterocycles. The van der Waals surface area contributed by atoms with Gasteiger partial charge in [0.05, 0.1) is 10.7 Å². The highest BCUT2D eigenvalue weighted by molar-refractivity contribution is 7.10. The fourth-order valence-electron chi connectivity index (χ4n) is 3.23. The minimum Gasteiger partial charge on any atom is -0.296 e. The molecule has 1 aliphatic rings. The van der Waals surface area contributed by atoms with Crippen molar-refractivity contribution in [3.05, 3.63) is 74.4 Å². The van der Waals surface area contributed by atoms with E-state index in [1.165, 1.54) is 21.1 Å². The molecule has 3 nitrogen and oxygen atoms in total. The van der Waals surface area contributed by atoms with Gasteiger partial charge >= 0.3 is 0 Å². The number of nitrogens with zero attached hydrogens (tertiary/aromatic N) is 3. The molecule has 0 aliphatic carbocycles. The van der Waals surface area contributed by atoms with E-state index in [1.807, 2.05) is 11.3 Å². The van der Waals surface area contributed by atoms with Gasteiger partial charge in [-0.1, -0.05) is 36.4 Å². The second-order valence-corrected chi connectivity index (χ2v) is 8.50. The maximum Gasteiger partial charge on any atom is 0.0972 e. The summed E-state index contributed by atoms with van der Waals surface area (Å²) >= 11 is 3.65. The molecule has 0 saturated carbocycles. The van der Waals surface area contributed by atoms with Crippen molar-refractivity contribution in [2.75, 3.05) is 26.2 Å². The Morgan fingerprint density at radius 1 is 0.840 bits per heavy atom. The van der Waals surface area contributed by atoms with Crippen LogP contribution in [0.25, 0.3) is 0 Å². The summed E-state index contributed by atoms with van der Waals surface area (Å²) in [6.07, 6.45) is 0.945. The van der Waals surface area contributed by atoms with Gasteiger partial charge in [-0.3, -0.25) is 9.80 Å². The highest BCUT2D eigenvalue weighted by atomic mass is 32.1. The van der Waals surface area contributed by atoms with Crippen LogP contribution in [0.3, 0.4) is 0 Å². The molecular formula is C20H23N3S2. The smallest absolute Gasteiger partial charge is 0.0972 e. The number of thiophene rings is 1. The summed E-state index contributed by atoms with van der Waals surface area (Å²) < 4.78 is 0. The Morgan fingerprint density at radius 2 is 1.60 bits per heavy atom. The third-order valence-corrected chi connectivity index (χ3v) is 6.37. The molecule has 1 aliphatic heterocycles. The van der Waals surface area contributed by atoms with E-state index in [4.69, 9.17) is 4.98 Å². The van der Waals surface area contributed by atoms with E-state index < -0.39 is 0 Å². The number of hydrogen-bond donors (Lipinski definition) is 0. The zero-order chi connectivity index (χ0) is 16.9.